The number of carbonyl (C=O) groups excluding carboxylic acids is 1. The number of aromatic nitrogens is 3. The molecule has 0 radical (unpaired) electrons. The van der Waals surface area contributed by atoms with E-state index in [4.69, 9.17) is 13.9 Å². The number of hydrogen-bond acceptors (Lipinski definition) is 6. The quantitative estimate of drug-likeness (QED) is 0.419. The van der Waals surface area contributed by atoms with Gasteiger partial charge in [0.15, 0.2) is 11.7 Å². The van der Waals surface area contributed by atoms with Crippen molar-refractivity contribution in [3.05, 3.63) is 84.4 Å². The number of methoxy groups -OCH3 is 2. The molecule has 0 saturated carbocycles. The van der Waals surface area contributed by atoms with Crippen molar-refractivity contribution < 1.29 is 18.7 Å². The van der Waals surface area contributed by atoms with E-state index < -0.39 is 6.04 Å². The third kappa shape index (κ3) is 5.23. The number of benzene rings is 2. The highest BCUT2D eigenvalue weighted by molar-refractivity contribution is 5.77. The third-order valence-electron chi connectivity index (χ3n) is 5.34. The molecule has 0 spiro atoms. The summed E-state index contributed by atoms with van der Waals surface area (Å²) in [4.78, 5) is 21.6. The second-order valence-corrected chi connectivity index (χ2v) is 7.52. The van der Waals surface area contributed by atoms with Crippen molar-refractivity contribution in [2.24, 2.45) is 7.05 Å². The van der Waals surface area contributed by atoms with Gasteiger partial charge in [0, 0.05) is 37.8 Å². The van der Waals surface area contributed by atoms with Gasteiger partial charge in [0.05, 0.1) is 20.4 Å². The first kappa shape index (κ1) is 22.1. The molecular formula is C25H26N4O4. The molecule has 0 aliphatic rings. The molecular weight excluding hydrogens is 420 g/mol. The molecule has 0 aliphatic carbocycles. The lowest BCUT2D eigenvalue weighted by Crippen LogP contribution is -2.31. The maximum Gasteiger partial charge on any atom is 0.221 e. The number of aryl methyl sites for hydroxylation is 2. The van der Waals surface area contributed by atoms with Crippen LogP contribution >= 0.6 is 0 Å². The van der Waals surface area contributed by atoms with Gasteiger partial charge in [-0.2, -0.15) is 0 Å². The Hall–Kier alpha value is -4.07. The Labute approximate surface area is 192 Å². The first-order valence-corrected chi connectivity index (χ1v) is 10.6. The van der Waals surface area contributed by atoms with Gasteiger partial charge in [-0.25, -0.2) is 9.97 Å². The molecule has 170 valence electrons. The van der Waals surface area contributed by atoms with Gasteiger partial charge in [0.2, 0.25) is 5.91 Å². The van der Waals surface area contributed by atoms with E-state index in [-0.39, 0.29) is 12.3 Å². The summed E-state index contributed by atoms with van der Waals surface area (Å²) in [5, 5.41) is 3.09. The van der Waals surface area contributed by atoms with Gasteiger partial charge in [-0.3, -0.25) is 4.79 Å². The number of amides is 1. The van der Waals surface area contributed by atoms with Crippen molar-refractivity contribution in [3.8, 4) is 22.8 Å². The van der Waals surface area contributed by atoms with E-state index in [1.807, 2.05) is 66.3 Å². The molecule has 0 bridgehead atoms. The average molecular weight is 447 g/mol. The molecule has 0 aliphatic heterocycles. The Morgan fingerprint density at radius 3 is 2.58 bits per heavy atom. The summed E-state index contributed by atoms with van der Waals surface area (Å²) in [5.41, 5.74) is 1.78. The Morgan fingerprint density at radius 2 is 1.88 bits per heavy atom. The Morgan fingerprint density at radius 1 is 1.09 bits per heavy atom. The van der Waals surface area contributed by atoms with Crippen molar-refractivity contribution >= 4 is 5.91 Å². The molecule has 2 aromatic heterocycles. The summed E-state index contributed by atoms with van der Waals surface area (Å²) in [7, 11) is 5.14. The van der Waals surface area contributed by atoms with Crippen LogP contribution in [0.1, 0.15) is 29.7 Å². The molecule has 4 rings (SSSR count). The van der Waals surface area contributed by atoms with Crippen LogP contribution in [0, 0.1) is 0 Å². The van der Waals surface area contributed by atoms with E-state index in [0.717, 1.165) is 22.7 Å². The predicted octanol–water partition coefficient (Wildman–Crippen LogP) is 3.93. The summed E-state index contributed by atoms with van der Waals surface area (Å²) in [6, 6.07) is 14.7. The normalized spacial score (nSPS) is 11.7. The van der Waals surface area contributed by atoms with Crippen molar-refractivity contribution in [1.29, 1.82) is 0 Å². The minimum absolute atomic E-state index is 0.130. The summed E-state index contributed by atoms with van der Waals surface area (Å²) >= 11 is 0. The number of nitrogens with one attached hydrogen (secondary N) is 1. The predicted molar refractivity (Wildman–Crippen MR) is 123 cm³/mol. The molecule has 1 N–H and O–H groups in total. The monoisotopic (exact) mass is 446 g/mol. The molecule has 1 atom stereocenters. The molecule has 2 heterocycles. The minimum Gasteiger partial charge on any atom is -0.497 e. The highest BCUT2D eigenvalue weighted by Gasteiger charge is 2.21. The Kier molecular flexibility index (Phi) is 6.73. The van der Waals surface area contributed by atoms with Gasteiger partial charge in [0.1, 0.15) is 23.4 Å². The number of imidazole rings is 1. The number of rotatable bonds is 9. The third-order valence-corrected chi connectivity index (χ3v) is 5.34. The number of carbonyl (C=O) groups is 1. The van der Waals surface area contributed by atoms with E-state index in [0.29, 0.717) is 23.8 Å². The zero-order valence-corrected chi connectivity index (χ0v) is 18.8. The molecule has 4 aromatic rings. The molecule has 0 saturated heterocycles. The smallest absolute Gasteiger partial charge is 0.221 e. The van der Waals surface area contributed by atoms with Crippen LogP contribution in [0.3, 0.4) is 0 Å². The Balaban J connectivity index is 1.44. The van der Waals surface area contributed by atoms with Crippen LogP contribution in [0.15, 0.2) is 71.5 Å². The average Bonchev–Trinajstić information content (AvgIpc) is 3.50. The maximum atomic E-state index is 12.8. The topological polar surface area (TPSA) is 91.4 Å². The van der Waals surface area contributed by atoms with E-state index >= 15 is 0 Å². The van der Waals surface area contributed by atoms with E-state index in [1.165, 1.54) is 0 Å². The Bertz CT molecular complexity index is 1210. The van der Waals surface area contributed by atoms with Gasteiger partial charge >= 0.3 is 0 Å². The second kappa shape index (κ2) is 10.0. The summed E-state index contributed by atoms with van der Waals surface area (Å²) in [6.45, 7) is 0. The van der Waals surface area contributed by atoms with Crippen molar-refractivity contribution in [1.82, 2.24) is 19.9 Å². The SMILES string of the molecule is COc1ccc(-c2cnc(CCC(=O)NC(c3cccc(OC)c3)c3nccn3C)o2)cc1. The van der Waals surface area contributed by atoms with E-state index in [2.05, 4.69) is 15.3 Å². The fourth-order valence-corrected chi connectivity index (χ4v) is 3.54. The molecule has 0 fully saturated rings. The standard InChI is InChI=1S/C25H26N4O4/c1-29-14-13-26-25(29)24(18-5-4-6-20(15-18)32-3)28-22(30)11-12-23-27-16-21(33-23)17-7-9-19(31-2)10-8-17/h4-10,13-16,24H,11-12H2,1-3H3,(H,28,30). The van der Waals surface area contributed by atoms with Gasteiger partial charge in [0.25, 0.3) is 0 Å². The molecule has 33 heavy (non-hydrogen) atoms. The van der Waals surface area contributed by atoms with Crippen LogP contribution in [-0.4, -0.2) is 34.7 Å². The first-order valence-electron chi connectivity index (χ1n) is 10.6. The van der Waals surface area contributed by atoms with Crippen LogP contribution in [0.5, 0.6) is 11.5 Å². The molecule has 8 nitrogen and oxygen atoms in total. The van der Waals surface area contributed by atoms with Crippen molar-refractivity contribution in [2.45, 2.75) is 18.9 Å². The lowest BCUT2D eigenvalue weighted by Gasteiger charge is -2.19. The van der Waals surface area contributed by atoms with Crippen molar-refractivity contribution in [3.63, 3.8) is 0 Å². The number of ether oxygens (including phenoxy) is 2. The summed E-state index contributed by atoms with van der Waals surface area (Å²) in [6.07, 6.45) is 5.84. The maximum absolute atomic E-state index is 12.8. The van der Waals surface area contributed by atoms with Crippen LogP contribution in [0.25, 0.3) is 11.3 Å². The highest BCUT2D eigenvalue weighted by atomic mass is 16.5. The van der Waals surface area contributed by atoms with Gasteiger partial charge in [-0.15, -0.1) is 0 Å². The largest absolute Gasteiger partial charge is 0.497 e. The minimum atomic E-state index is -0.410. The fourth-order valence-electron chi connectivity index (χ4n) is 3.54. The highest BCUT2D eigenvalue weighted by Crippen LogP contribution is 2.25. The van der Waals surface area contributed by atoms with Crippen molar-refractivity contribution in [2.75, 3.05) is 14.2 Å². The van der Waals surface area contributed by atoms with E-state index in [9.17, 15) is 4.79 Å². The summed E-state index contributed by atoms with van der Waals surface area (Å²) in [5.74, 6) is 3.24. The van der Waals surface area contributed by atoms with Gasteiger partial charge in [-0.05, 0) is 42.0 Å². The van der Waals surface area contributed by atoms with Crippen LogP contribution in [-0.2, 0) is 18.3 Å². The van der Waals surface area contributed by atoms with E-state index in [1.54, 1.807) is 26.6 Å². The number of oxazole rings is 1. The lowest BCUT2D eigenvalue weighted by atomic mass is 10.1. The van der Waals surface area contributed by atoms with Crippen LogP contribution < -0.4 is 14.8 Å². The molecule has 1 amide bonds. The van der Waals surface area contributed by atoms with Crippen LogP contribution in [0.2, 0.25) is 0 Å². The van der Waals surface area contributed by atoms with Crippen LogP contribution in [0.4, 0.5) is 0 Å². The second-order valence-electron chi connectivity index (χ2n) is 7.52. The molecule has 1 unspecified atom stereocenters. The van der Waals surface area contributed by atoms with Gasteiger partial charge < -0.3 is 23.8 Å². The fraction of sp³-hybridized carbons (Fsp3) is 0.240. The lowest BCUT2D eigenvalue weighted by molar-refractivity contribution is -0.121. The summed E-state index contributed by atoms with van der Waals surface area (Å²) < 4.78 is 18.3. The zero-order valence-electron chi connectivity index (χ0n) is 18.8. The number of nitrogens with zero attached hydrogens (tertiary/aromatic N) is 3. The van der Waals surface area contributed by atoms with Gasteiger partial charge in [-0.1, -0.05) is 12.1 Å². The first-order chi connectivity index (χ1) is 16.1. The molecule has 8 heteroatoms. The number of hydrogen-bond donors (Lipinski definition) is 1. The molecule has 2 aromatic carbocycles. The zero-order chi connectivity index (χ0) is 23.2.